The Morgan fingerprint density at radius 1 is 1.22 bits per heavy atom. The lowest BCUT2D eigenvalue weighted by atomic mass is 9.96. The molecule has 18 heavy (non-hydrogen) atoms. The normalized spacial score (nSPS) is 32.8. The van der Waals surface area contributed by atoms with Gasteiger partial charge in [-0.25, -0.2) is 0 Å². The smallest absolute Gasteiger partial charge is 0.230 e. The van der Waals surface area contributed by atoms with E-state index in [0.717, 1.165) is 24.7 Å². The van der Waals surface area contributed by atoms with Gasteiger partial charge in [0.25, 0.3) is 0 Å². The van der Waals surface area contributed by atoms with E-state index in [1.165, 1.54) is 37.9 Å². The molecule has 1 aliphatic carbocycles. The van der Waals surface area contributed by atoms with Gasteiger partial charge in [0.05, 0.1) is 5.25 Å². The van der Waals surface area contributed by atoms with Gasteiger partial charge in [-0.1, -0.05) is 18.0 Å². The standard InChI is InChI=1S/C13H21N3OS/c14-8-9-4-3-5-10(9)13-15-12(16-17-13)11-6-1-2-7-18-11/h9-11H,1-8,14H2. The van der Waals surface area contributed by atoms with Crippen LogP contribution in [0.4, 0.5) is 0 Å². The molecule has 3 unspecified atom stereocenters. The van der Waals surface area contributed by atoms with Crippen LogP contribution in [0.1, 0.15) is 61.4 Å². The third kappa shape index (κ3) is 2.43. The molecule has 2 heterocycles. The SMILES string of the molecule is NCC1CCCC1c1nc(C2CCCCS2)no1. The summed E-state index contributed by atoms with van der Waals surface area (Å²) in [6, 6.07) is 0. The van der Waals surface area contributed by atoms with Crippen LogP contribution in [0.5, 0.6) is 0 Å². The predicted molar refractivity (Wildman–Crippen MR) is 72.5 cm³/mol. The zero-order chi connectivity index (χ0) is 12.4. The van der Waals surface area contributed by atoms with Crippen LogP contribution in [0.3, 0.4) is 0 Å². The molecular weight excluding hydrogens is 246 g/mol. The Bertz CT molecular complexity index is 389. The quantitative estimate of drug-likeness (QED) is 0.912. The molecule has 0 amide bonds. The van der Waals surface area contributed by atoms with Crippen LogP contribution >= 0.6 is 11.8 Å². The molecule has 0 radical (unpaired) electrons. The van der Waals surface area contributed by atoms with Gasteiger partial charge in [-0.2, -0.15) is 16.7 Å². The summed E-state index contributed by atoms with van der Waals surface area (Å²) in [6.45, 7) is 0.737. The number of nitrogens with two attached hydrogens (primary N) is 1. The van der Waals surface area contributed by atoms with Gasteiger partial charge in [0, 0.05) is 5.92 Å². The minimum absolute atomic E-state index is 0.407. The van der Waals surface area contributed by atoms with Crippen LogP contribution in [0.15, 0.2) is 4.52 Å². The molecule has 1 aromatic rings. The Morgan fingerprint density at radius 2 is 2.17 bits per heavy atom. The zero-order valence-electron chi connectivity index (χ0n) is 10.7. The Balaban J connectivity index is 1.72. The van der Waals surface area contributed by atoms with Gasteiger partial charge < -0.3 is 10.3 Å². The van der Waals surface area contributed by atoms with E-state index in [1.807, 2.05) is 11.8 Å². The monoisotopic (exact) mass is 267 g/mol. The van der Waals surface area contributed by atoms with Crippen LogP contribution in [-0.4, -0.2) is 22.4 Å². The van der Waals surface area contributed by atoms with Crippen molar-refractivity contribution in [3.63, 3.8) is 0 Å². The highest BCUT2D eigenvalue weighted by Crippen LogP contribution is 2.41. The Kier molecular flexibility index (Phi) is 3.89. The molecule has 0 spiro atoms. The Morgan fingerprint density at radius 3 is 2.94 bits per heavy atom. The van der Waals surface area contributed by atoms with Gasteiger partial charge in [0.2, 0.25) is 5.89 Å². The molecule has 100 valence electrons. The highest BCUT2D eigenvalue weighted by atomic mass is 32.2. The summed E-state index contributed by atoms with van der Waals surface area (Å²) >= 11 is 1.97. The second-order valence-electron chi connectivity index (χ2n) is 5.38. The third-order valence-corrected chi connectivity index (χ3v) is 5.58. The maximum absolute atomic E-state index is 5.82. The molecule has 0 aromatic carbocycles. The summed E-state index contributed by atoms with van der Waals surface area (Å²) in [6.07, 6.45) is 7.40. The fourth-order valence-corrected chi connectivity index (χ4v) is 4.35. The van der Waals surface area contributed by atoms with Crippen molar-refractivity contribution < 1.29 is 4.52 Å². The molecular formula is C13H21N3OS. The van der Waals surface area contributed by atoms with Crippen LogP contribution in [0.25, 0.3) is 0 Å². The lowest BCUT2D eigenvalue weighted by Crippen LogP contribution is -2.17. The minimum Gasteiger partial charge on any atom is -0.339 e. The first-order valence-electron chi connectivity index (χ1n) is 7.03. The molecule has 2 N–H and O–H groups in total. The average Bonchev–Trinajstić information content (AvgIpc) is 3.08. The van der Waals surface area contributed by atoms with E-state index in [0.29, 0.717) is 17.1 Å². The average molecular weight is 267 g/mol. The van der Waals surface area contributed by atoms with E-state index in [2.05, 4.69) is 10.1 Å². The molecule has 1 saturated heterocycles. The van der Waals surface area contributed by atoms with E-state index >= 15 is 0 Å². The van der Waals surface area contributed by atoms with Crippen molar-refractivity contribution in [2.45, 2.75) is 49.7 Å². The first-order chi connectivity index (χ1) is 8.88. The van der Waals surface area contributed by atoms with Crippen molar-refractivity contribution in [1.29, 1.82) is 0 Å². The molecule has 1 aromatic heterocycles. The van der Waals surface area contributed by atoms with Gasteiger partial charge >= 0.3 is 0 Å². The largest absolute Gasteiger partial charge is 0.339 e. The van der Waals surface area contributed by atoms with Crippen LogP contribution < -0.4 is 5.73 Å². The van der Waals surface area contributed by atoms with E-state index in [4.69, 9.17) is 10.3 Å². The van der Waals surface area contributed by atoms with Crippen molar-refractivity contribution >= 4 is 11.8 Å². The van der Waals surface area contributed by atoms with Gasteiger partial charge in [-0.3, -0.25) is 0 Å². The van der Waals surface area contributed by atoms with Gasteiger partial charge in [0.15, 0.2) is 5.82 Å². The van der Waals surface area contributed by atoms with Crippen LogP contribution in [-0.2, 0) is 0 Å². The van der Waals surface area contributed by atoms with Crippen molar-refractivity contribution in [3.8, 4) is 0 Å². The lowest BCUT2D eigenvalue weighted by Gasteiger charge is -2.17. The molecule has 4 nitrogen and oxygen atoms in total. The third-order valence-electron chi connectivity index (χ3n) is 4.20. The summed E-state index contributed by atoms with van der Waals surface area (Å²) in [5.41, 5.74) is 5.82. The first kappa shape index (κ1) is 12.5. The number of hydrogen-bond acceptors (Lipinski definition) is 5. The first-order valence-corrected chi connectivity index (χ1v) is 8.08. The maximum atomic E-state index is 5.82. The molecule has 1 saturated carbocycles. The summed E-state index contributed by atoms with van der Waals surface area (Å²) in [5.74, 6) is 3.92. The minimum atomic E-state index is 0.407. The highest BCUT2D eigenvalue weighted by molar-refractivity contribution is 7.99. The number of hydrogen-bond donors (Lipinski definition) is 1. The number of nitrogens with zero attached hydrogens (tertiary/aromatic N) is 2. The fraction of sp³-hybridized carbons (Fsp3) is 0.846. The Labute approximate surface area is 112 Å². The van der Waals surface area contributed by atoms with Crippen molar-refractivity contribution in [2.75, 3.05) is 12.3 Å². The molecule has 3 atom stereocenters. The Hall–Kier alpha value is -0.550. The number of rotatable bonds is 3. The summed E-state index contributed by atoms with van der Waals surface area (Å²) in [7, 11) is 0. The summed E-state index contributed by atoms with van der Waals surface area (Å²) in [5, 5.41) is 4.66. The second kappa shape index (κ2) is 5.61. The topological polar surface area (TPSA) is 64.9 Å². The molecule has 2 fully saturated rings. The van der Waals surface area contributed by atoms with E-state index in [1.54, 1.807) is 0 Å². The predicted octanol–water partition coefficient (Wildman–Crippen LogP) is 2.87. The van der Waals surface area contributed by atoms with Gasteiger partial charge in [0.1, 0.15) is 0 Å². The van der Waals surface area contributed by atoms with Crippen molar-refractivity contribution in [2.24, 2.45) is 11.7 Å². The van der Waals surface area contributed by atoms with Crippen LogP contribution in [0, 0.1) is 5.92 Å². The van der Waals surface area contributed by atoms with Crippen molar-refractivity contribution in [1.82, 2.24) is 10.1 Å². The van der Waals surface area contributed by atoms with Gasteiger partial charge in [-0.05, 0) is 43.9 Å². The summed E-state index contributed by atoms with van der Waals surface area (Å²) in [4.78, 5) is 4.66. The van der Waals surface area contributed by atoms with Crippen LogP contribution in [0.2, 0.25) is 0 Å². The fourth-order valence-electron chi connectivity index (χ4n) is 3.12. The molecule has 0 bridgehead atoms. The lowest BCUT2D eigenvalue weighted by molar-refractivity contribution is 0.322. The number of aromatic nitrogens is 2. The molecule has 1 aliphatic heterocycles. The van der Waals surface area contributed by atoms with Gasteiger partial charge in [-0.15, -0.1) is 0 Å². The molecule has 5 heteroatoms. The molecule has 2 aliphatic rings. The summed E-state index contributed by atoms with van der Waals surface area (Å²) < 4.78 is 5.50. The number of thioether (sulfide) groups is 1. The van der Waals surface area contributed by atoms with E-state index < -0.39 is 0 Å². The van der Waals surface area contributed by atoms with E-state index in [-0.39, 0.29) is 0 Å². The highest BCUT2D eigenvalue weighted by Gasteiger charge is 2.33. The van der Waals surface area contributed by atoms with Crippen molar-refractivity contribution in [3.05, 3.63) is 11.7 Å². The second-order valence-corrected chi connectivity index (χ2v) is 6.69. The molecule has 3 rings (SSSR count). The zero-order valence-corrected chi connectivity index (χ0v) is 11.5. The maximum Gasteiger partial charge on any atom is 0.230 e. The van der Waals surface area contributed by atoms with E-state index in [9.17, 15) is 0 Å².